The minimum Gasteiger partial charge on any atom is -0.309 e. The van der Waals surface area contributed by atoms with Gasteiger partial charge in [-0.05, 0) is 47.0 Å². The van der Waals surface area contributed by atoms with Crippen LogP contribution >= 0.6 is 11.8 Å². The lowest BCUT2D eigenvalue weighted by molar-refractivity contribution is -0.394. The summed E-state index contributed by atoms with van der Waals surface area (Å²) in [4.78, 5) is 2.43. The van der Waals surface area contributed by atoms with Crippen molar-refractivity contribution in [2.24, 2.45) is 0 Å². The van der Waals surface area contributed by atoms with E-state index in [1.54, 1.807) is 11.8 Å². The minimum atomic E-state index is 1.11. The van der Waals surface area contributed by atoms with Crippen molar-refractivity contribution in [2.45, 2.75) is 9.79 Å². The zero-order chi connectivity index (χ0) is 24.1. The van der Waals surface area contributed by atoms with Crippen LogP contribution in [0, 0.1) is 0 Å². The molecule has 0 N–H and O–H groups in total. The predicted molar refractivity (Wildman–Crippen MR) is 150 cm³/mol. The van der Waals surface area contributed by atoms with Gasteiger partial charge in [-0.2, -0.15) is 0 Å². The molecule has 6 aromatic rings. The molecule has 7 rings (SSSR count). The molecule has 0 saturated carbocycles. The molecular formula is C32H23N3S+2. The van der Waals surface area contributed by atoms with E-state index in [-0.39, 0.29) is 0 Å². The molecule has 5 aromatic carbocycles. The highest BCUT2D eigenvalue weighted by Gasteiger charge is 2.32. The van der Waals surface area contributed by atoms with Gasteiger partial charge in [-0.1, -0.05) is 70.9 Å². The number of fused-ring (bicyclic) bond motifs is 4. The van der Waals surface area contributed by atoms with Crippen LogP contribution in [0.5, 0.6) is 0 Å². The zero-order valence-corrected chi connectivity index (χ0v) is 20.6. The Kier molecular flexibility index (Phi) is 4.88. The molecule has 0 radical (unpaired) electrons. The summed E-state index contributed by atoms with van der Waals surface area (Å²) < 4.78 is 6.54. The van der Waals surface area contributed by atoms with Gasteiger partial charge < -0.3 is 4.57 Å². The number of benzene rings is 5. The molecule has 36 heavy (non-hydrogen) atoms. The molecule has 0 aliphatic carbocycles. The Morgan fingerprint density at radius 2 is 1.33 bits per heavy atom. The van der Waals surface area contributed by atoms with Gasteiger partial charge in [0.1, 0.15) is 0 Å². The van der Waals surface area contributed by atoms with Crippen molar-refractivity contribution in [3.63, 3.8) is 0 Å². The fraction of sp³-hybridized carbons (Fsp3) is 0.0312. The highest BCUT2D eigenvalue weighted by atomic mass is 32.2. The SMILES string of the molecule is C[N+]1=C=[N+](c2cccc(Sc3ccc4c(c3)c3ccccc3n4-c3ccccc3)c2)c2ccccc21. The van der Waals surface area contributed by atoms with Crippen molar-refractivity contribution in [3.05, 3.63) is 121 Å². The van der Waals surface area contributed by atoms with Crippen LogP contribution in [0.15, 0.2) is 131 Å². The Balaban J connectivity index is 1.30. The molecule has 0 unspecified atom stereocenters. The summed E-state index contributed by atoms with van der Waals surface area (Å²) in [6.45, 7) is 0. The highest BCUT2D eigenvalue weighted by molar-refractivity contribution is 7.99. The van der Waals surface area contributed by atoms with Crippen LogP contribution < -0.4 is 4.58 Å². The van der Waals surface area contributed by atoms with Crippen molar-refractivity contribution in [1.29, 1.82) is 0 Å². The molecule has 0 atom stereocenters. The Hall–Kier alpha value is -4.37. The summed E-state index contributed by atoms with van der Waals surface area (Å²) >= 11 is 1.79. The van der Waals surface area contributed by atoms with Crippen LogP contribution in [0.25, 0.3) is 27.5 Å². The number of hydrogen-bond donors (Lipinski definition) is 0. The van der Waals surface area contributed by atoms with Gasteiger partial charge in [0.05, 0.1) is 11.0 Å². The standard InChI is InChI=1S/C32H23N3S/c1-33-22-34(32-17-8-7-16-31(32)33)24-12-9-13-25(20-24)36-26-18-19-30-28(21-26)27-14-5-6-15-29(27)35(30)23-10-3-2-4-11-23/h2-21H,1H3/q+2. The smallest absolute Gasteiger partial charge is 0.309 e. The van der Waals surface area contributed by atoms with Crippen LogP contribution in [0.1, 0.15) is 0 Å². The molecule has 0 saturated heterocycles. The average molecular weight is 482 g/mol. The molecule has 2 heterocycles. The summed E-state index contributed by atoms with van der Waals surface area (Å²) in [6, 6.07) is 46.6. The third kappa shape index (κ3) is 3.39. The monoisotopic (exact) mass is 481 g/mol. The molecule has 0 fully saturated rings. The first-order valence-electron chi connectivity index (χ1n) is 12.0. The summed E-state index contributed by atoms with van der Waals surface area (Å²) in [7, 11) is 2.04. The molecule has 1 aliphatic heterocycles. The van der Waals surface area contributed by atoms with E-state index in [0.29, 0.717) is 0 Å². The van der Waals surface area contributed by atoms with Gasteiger partial charge >= 0.3 is 6.01 Å². The van der Waals surface area contributed by atoms with E-state index in [9.17, 15) is 0 Å². The quantitative estimate of drug-likeness (QED) is 0.231. The number of aromatic nitrogens is 1. The topological polar surface area (TPSA) is 10.9 Å². The molecule has 4 heteroatoms. The first kappa shape index (κ1) is 21.0. The van der Waals surface area contributed by atoms with Gasteiger partial charge in [0.25, 0.3) is 11.4 Å². The molecule has 0 amide bonds. The number of hydrogen-bond acceptors (Lipinski definition) is 1. The van der Waals surface area contributed by atoms with Crippen LogP contribution in [-0.4, -0.2) is 22.2 Å². The lowest BCUT2D eigenvalue weighted by Gasteiger charge is -2.08. The van der Waals surface area contributed by atoms with Gasteiger partial charge in [0, 0.05) is 50.5 Å². The summed E-state index contributed by atoms with van der Waals surface area (Å²) in [5, 5.41) is 2.54. The molecule has 0 spiro atoms. The van der Waals surface area contributed by atoms with E-state index in [2.05, 4.69) is 136 Å². The van der Waals surface area contributed by atoms with Gasteiger partial charge in [0.2, 0.25) is 5.69 Å². The molecular weight excluding hydrogens is 458 g/mol. The van der Waals surface area contributed by atoms with Crippen molar-refractivity contribution < 1.29 is 4.58 Å². The molecule has 1 aliphatic rings. The Morgan fingerprint density at radius 1 is 0.611 bits per heavy atom. The lowest BCUT2D eigenvalue weighted by Crippen LogP contribution is -1.99. The third-order valence-electron chi connectivity index (χ3n) is 6.70. The van der Waals surface area contributed by atoms with Gasteiger partial charge in [-0.15, -0.1) is 0 Å². The summed E-state index contributed by atoms with van der Waals surface area (Å²) in [5.74, 6) is 0. The Bertz CT molecular complexity index is 1860. The normalized spacial score (nSPS) is 12.6. The van der Waals surface area contributed by atoms with Crippen molar-refractivity contribution in [1.82, 2.24) is 9.14 Å². The van der Waals surface area contributed by atoms with E-state index in [4.69, 9.17) is 0 Å². The minimum absolute atomic E-state index is 1.11. The maximum Gasteiger partial charge on any atom is 0.496 e. The second-order valence-corrected chi connectivity index (χ2v) is 10.1. The first-order chi connectivity index (χ1) is 17.8. The maximum atomic E-state index is 3.44. The molecule has 170 valence electrons. The second kappa shape index (κ2) is 8.39. The van der Waals surface area contributed by atoms with Crippen LogP contribution in [0.3, 0.4) is 0 Å². The van der Waals surface area contributed by atoms with E-state index >= 15 is 0 Å². The zero-order valence-electron chi connectivity index (χ0n) is 19.8. The predicted octanol–water partition coefficient (Wildman–Crippen LogP) is 8.23. The largest absolute Gasteiger partial charge is 0.496 e. The number of rotatable bonds is 4. The fourth-order valence-corrected chi connectivity index (χ4v) is 6.00. The van der Waals surface area contributed by atoms with Crippen LogP contribution in [-0.2, 0) is 0 Å². The molecule has 0 bridgehead atoms. The number of nitrogens with zero attached hydrogens (tertiary/aromatic N) is 3. The van der Waals surface area contributed by atoms with Crippen molar-refractivity contribution in [3.8, 4) is 5.69 Å². The van der Waals surface area contributed by atoms with Gasteiger partial charge in [0.15, 0.2) is 7.05 Å². The van der Waals surface area contributed by atoms with E-state index in [0.717, 1.165) is 17.1 Å². The first-order valence-corrected chi connectivity index (χ1v) is 12.8. The second-order valence-electron chi connectivity index (χ2n) is 8.95. The van der Waals surface area contributed by atoms with Gasteiger partial charge in [-0.3, -0.25) is 0 Å². The Morgan fingerprint density at radius 3 is 2.22 bits per heavy atom. The number of para-hydroxylation sites is 4. The molecule has 3 nitrogen and oxygen atoms in total. The average Bonchev–Trinajstić information content (AvgIpc) is 3.44. The summed E-state index contributed by atoms with van der Waals surface area (Å²) in [6.07, 6.45) is 0. The van der Waals surface area contributed by atoms with Gasteiger partial charge in [-0.25, -0.2) is 0 Å². The summed E-state index contributed by atoms with van der Waals surface area (Å²) in [5.41, 5.74) is 7.05. The van der Waals surface area contributed by atoms with Crippen molar-refractivity contribution >= 4 is 56.6 Å². The van der Waals surface area contributed by atoms with Crippen LogP contribution in [0.4, 0.5) is 17.1 Å². The highest BCUT2D eigenvalue weighted by Crippen LogP contribution is 2.38. The van der Waals surface area contributed by atoms with Crippen LogP contribution in [0.2, 0.25) is 0 Å². The van der Waals surface area contributed by atoms with Crippen molar-refractivity contribution in [2.75, 3.05) is 7.05 Å². The molecule has 1 aromatic heterocycles. The third-order valence-corrected chi connectivity index (χ3v) is 7.68. The van der Waals surface area contributed by atoms with E-state index < -0.39 is 0 Å². The fourth-order valence-electron chi connectivity index (χ4n) is 5.08. The van der Waals surface area contributed by atoms with E-state index in [1.165, 1.54) is 37.3 Å². The van der Waals surface area contributed by atoms with E-state index in [1.807, 2.05) is 11.6 Å². The maximum absolute atomic E-state index is 3.44. The Labute approximate surface area is 213 Å². The lowest BCUT2D eigenvalue weighted by atomic mass is 10.1.